The molecule has 0 aromatic heterocycles. The number of hydrogen-bond acceptors (Lipinski definition) is 3. The van der Waals surface area contributed by atoms with Crippen LogP contribution in [0, 0.1) is 12.8 Å². The van der Waals surface area contributed by atoms with Gasteiger partial charge in [-0.2, -0.15) is 0 Å². The van der Waals surface area contributed by atoms with Crippen LogP contribution in [0.25, 0.3) is 0 Å². The smallest absolute Gasteiger partial charge is 0.165 e. The second-order valence-electron chi connectivity index (χ2n) is 8.07. The zero-order chi connectivity index (χ0) is 24.6. The Morgan fingerprint density at radius 1 is 0.636 bits per heavy atom. The van der Waals surface area contributed by atoms with Crippen LogP contribution in [-0.4, -0.2) is 17.3 Å². The minimum atomic E-state index is 0.0948. The Kier molecular flexibility index (Phi) is 13.0. The van der Waals surface area contributed by atoms with Gasteiger partial charge in [0.1, 0.15) is 0 Å². The van der Waals surface area contributed by atoms with Crippen LogP contribution in [0.3, 0.4) is 0 Å². The lowest BCUT2D eigenvalue weighted by atomic mass is 10.0. The normalized spacial score (nSPS) is 9.76. The molecule has 0 aliphatic carbocycles. The lowest BCUT2D eigenvalue weighted by Crippen LogP contribution is -2.06. The first-order valence-corrected chi connectivity index (χ1v) is 11.6. The summed E-state index contributed by atoms with van der Waals surface area (Å²) < 4.78 is 0. The molecule has 3 heteroatoms. The van der Waals surface area contributed by atoms with Crippen molar-refractivity contribution < 1.29 is 14.4 Å². The van der Waals surface area contributed by atoms with Gasteiger partial charge in [0.05, 0.1) is 0 Å². The van der Waals surface area contributed by atoms with Crippen molar-refractivity contribution in [1.29, 1.82) is 0 Å². The summed E-state index contributed by atoms with van der Waals surface area (Å²) >= 11 is 0. The fourth-order valence-corrected chi connectivity index (χ4v) is 2.87. The van der Waals surface area contributed by atoms with Gasteiger partial charge in [0.25, 0.3) is 0 Å². The van der Waals surface area contributed by atoms with Crippen LogP contribution in [0.4, 0.5) is 0 Å². The van der Waals surface area contributed by atoms with E-state index in [1.54, 1.807) is 0 Å². The van der Waals surface area contributed by atoms with Gasteiger partial charge in [0.15, 0.2) is 17.3 Å². The number of aryl methyl sites for hydroxylation is 1. The predicted molar refractivity (Wildman–Crippen MR) is 137 cm³/mol. The Morgan fingerprint density at radius 3 is 1.52 bits per heavy atom. The van der Waals surface area contributed by atoms with Crippen LogP contribution in [-0.2, 0) is 0 Å². The van der Waals surface area contributed by atoms with Gasteiger partial charge in [0.2, 0.25) is 0 Å². The van der Waals surface area contributed by atoms with E-state index < -0.39 is 0 Å². The zero-order valence-corrected chi connectivity index (χ0v) is 20.5. The zero-order valence-electron chi connectivity index (χ0n) is 20.5. The first kappa shape index (κ1) is 27.7. The van der Waals surface area contributed by atoms with Gasteiger partial charge in [-0.05, 0) is 13.3 Å². The molecule has 0 bridgehead atoms. The summed E-state index contributed by atoms with van der Waals surface area (Å²) in [6.07, 6.45) is 2.17. The molecular formula is C30H36O3. The maximum atomic E-state index is 11.3. The third-order valence-corrected chi connectivity index (χ3v) is 4.85. The summed E-state index contributed by atoms with van der Waals surface area (Å²) in [7, 11) is 0. The van der Waals surface area contributed by atoms with Gasteiger partial charge < -0.3 is 0 Å². The third kappa shape index (κ3) is 10.7. The molecular weight excluding hydrogens is 408 g/mol. The number of ketones is 3. The SMILES string of the molecule is CC(C)C(=O)c1ccccc1.CCC(=O)c1ccc(C)cc1.CCCC(=O)c1ccccc1. The molecule has 0 radical (unpaired) electrons. The molecule has 0 fully saturated rings. The summed E-state index contributed by atoms with van der Waals surface area (Å²) in [6, 6.07) is 26.5. The topological polar surface area (TPSA) is 51.2 Å². The highest BCUT2D eigenvalue weighted by Gasteiger charge is 2.08. The van der Waals surface area contributed by atoms with Crippen molar-refractivity contribution in [2.24, 2.45) is 5.92 Å². The fraction of sp³-hybridized carbons (Fsp3) is 0.300. The second-order valence-corrected chi connectivity index (χ2v) is 8.07. The van der Waals surface area contributed by atoms with Gasteiger partial charge in [-0.3, -0.25) is 14.4 Å². The molecule has 0 amide bonds. The van der Waals surface area contributed by atoms with Gasteiger partial charge >= 0.3 is 0 Å². The molecule has 33 heavy (non-hydrogen) atoms. The summed E-state index contributed by atoms with van der Waals surface area (Å²) in [5.74, 6) is 0.765. The van der Waals surface area contributed by atoms with Crippen LogP contribution in [0.5, 0.6) is 0 Å². The standard InChI is InChI=1S/3C10H12O/c1-8(2)10(11)9-6-4-3-5-7-9;1-3-10(11)9-6-4-8(2)5-7-9;1-2-6-10(11)9-7-4-3-5-8-9/h3-8H,1-2H3;4-7H,3H2,1-2H3;3-5,7-8H,2,6H2,1H3. The first-order valence-electron chi connectivity index (χ1n) is 11.6. The van der Waals surface area contributed by atoms with Crippen LogP contribution >= 0.6 is 0 Å². The number of benzene rings is 3. The highest BCUT2D eigenvalue weighted by Crippen LogP contribution is 2.07. The molecule has 0 unspecified atom stereocenters. The van der Waals surface area contributed by atoms with Gasteiger partial charge in [-0.25, -0.2) is 0 Å². The maximum Gasteiger partial charge on any atom is 0.165 e. The Labute approximate surface area is 198 Å². The maximum absolute atomic E-state index is 11.3. The van der Waals surface area contributed by atoms with Crippen LogP contribution in [0.1, 0.15) is 83.6 Å². The Hall–Kier alpha value is -3.33. The molecule has 0 heterocycles. The summed E-state index contributed by atoms with van der Waals surface area (Å²) in [5.41, 5.74) is 3.65. The van der Waals surface area contributed by atoms with E-state index in [-0.39, 0.29) is 23.3 Å². The quantitative estimate of drug-likeness (QED) is 0.350. The summed E-state index contributed by atoms with van der Waals surface area (Å²) in [5, 5.41) is 0. The molecule has 0 spiro atoms. The molecule has 0 aliphatic heterocycles. The molecule has 3 aromatic carbocycles. The van der Waals surface area contributed by atoms with E-state index in [0.29, 0.717) is 12.8 Å². The molecule has 0 atom stereocenters. The lowest BCUT2D eigenvalue weighted by molar-refractivity contribution is 0.0937. The molecule has 0 saturated carbocycles. The van der Waals surface area contributed by atoms with Crippen molar-refractivity contribution in [3.8, 4) is 0 Å². The van der Waals surface area contributed by atoms with E-state index in [1.165, 1.54) is 5.56 Å². The Bertz CT molecular complexity index is 972. The van der Waals surface area contributed by atoms with Crippen LogP contribution in [0.15, 0.2) is 84.9 Å². The number of rotatable bonds is 7. The van der Waals surface area contributed by atoms with E-state index in [9.17, 15) is 14.4 Å². The molecule has 0 saturated heterocycles. The molecule has 0 N–H and O–H groups in total. The van der Waals surface area contributed by atoms with E-state index in [0.717, 1.165) is 23.1 Å². The van der Waals surface area contributed by atoms with Crippen molar-refractivity contribution in [2.75, 3.05) is 0 Å². The first-order chi connectivity index (χ1) is 15.8. The molecule has 3 aromatic rings. The van der Waals surface area contributed by atoms with Crippen molar-refractivity contribution >= 4 is 17.3 Å². The fourth-order valence-electron chi connectivity index (χ4n) is 2.87. The molecule has 174 valence electrons. The van der Waals surface area contributed by atoms with E-state index in [2.05, 4.69) is 0 Å². The third-order valence-electron chi connectivity index (χ3n) is 4.85. The van der Waals surface area contributed by atoms with E-state index in [1.807, 2.05) is 120 Å². The number of carbonyl (C=O) groups excluding carboxylic acids is 3. The predicted octanol–water partition coefficient (Wildman–Crippen LogP) is 7.78. The Morgan fingerprint density at radius 2 is 1.09 bits per heavy atom. The van der Waals surface area contributed by atoms with E-state index >= 15 is 0 Å². The largest absolute Gasteiger partial charge is 0.294 e. The molecule has 0 aliphatic rings. The average molecular weight is 445 g/mol. The summed E-state index contributed by atoms with van der Waals surface area (Å²) in [6.45, 7) is 9.73. The Balaban J connectivity index is 0.000000247. The number of hydrogen-bond donors (Lipinski definition) is 0. The van der Waals surface area contributed by atoms with Crippen molar-refractivity contribution in [2.45, 2.75) is 53.9 Å². The van der Waals surface area contributed by atoms with Crippen molar-refractivity contribution in [1.82, 2.24) is 0 Å². The summed E-state index contributed by atoms with van der Waals surface area (Å²) in [4.78, 5) is 33.7. The van der Waals surface area contributed by atoms with Crippen molar-refractivity contribution in [3.63, 3.8) is 0 Å². The van der Waals surface area contributed by atoms with Gasteiger partial charge in [0, 0.05) is 35.4 Å². The minimum absolute atomic E-state index is 0.0948. The number of Topliss-reactive ketones (excluding diaryl/α,β-unsaturated/α-hetero) is 3. The number of carbonyl (C=O) groups is 3. The lowest BCUT2D eigenvalue weighted by Gasteiger charge is -2.01. The average Bonchev–Trinajstić information content (AvgIpc) is 2.85. The molecule has 3 rings (SSSR count). The highest BCUT2D eigenvalue weighted by atomic mass is 16.1. The second kappa shape index (κ2) is 15.5. The molecule has 3 nitrogen and oxygen atoms in total. The minimum Gasteiger partial charge on any atom is -0.294 e. The van der Waals surface area contributed by atoms with Gasteiger partial charge in [-0.15, -0.1) is 0 Å². The van der Waals surface area contributed by atoms with Crippen LogP contribution in [0.2, 0.25) is 0 Å². The van der Waals surface area contributed by atoms with Crippen molar-refractivity contribution in [3.05, 3.63) is 107 Å². The van der Waals surface area contributed by atoms with Gasteiger partial charge in [-0.1, -0.05) is 118 Å². The van der Waals surface area contributed by atoms with Crippen LogP contribution < -0.4 is 0 Å². The van der Waals surface area contributed by atoms with E-state index in [4.69, 9.17) is 0 Å². The highest BCUT2D eigenvalue weighted by molar-refractivity contribution is 5.97. The monoisotopic (exact) mass is 444 g/mol.